The first-order chi connectivity index (χ1) is 4.34. The number of nitrogens with one attached hydrogen (secondary N) is 2. The van der Waals surface area contributed by atoms with Crippen LogP contribution in [0.2, 0.25) is 0 Å². The molecular formula is C5H9BrClN3. The van der Waals surface area contributed by atoms with Gasteiger partial charge in [0.25, 0.3) is 0 Å². The van der Waals surface area contributed by atoms with Crippen molar-refractivity contribution in [2.45, 2.75) is 6.54 Å². The van der Waals surface area contributed by atoms with Crippen LogP contribution >= 0.6 is 28.3 Å². The highest BCUT2D eigenvalue weighted by molar-refractivity contribution is 9.10. The number of hydrogen-bond donors (Lipinski definition) is 2. The first-order valence-corrected chi connectivity index (χ1v) is 3.46. The first kappa shape index (κ1) is 9.94. The van der Waals surface area contributed by atoms with E-state index in [9.17, 15) is 0 Å². The minimum atomic E-state index is 0. The van der Waals surface area contributed by atoms with Crippen LogP contribution in [0, 0.1) is 0 Å². The van der Waals surface area contributed by atoms with Crippen molar-refractivity contribution in [3.63, 3.8) is 0 Å². The van der Waals surface area contributed by atoms with Crippen LogP contribution in [-0.2, 0) is 6.54 Å². The lowest BCUT2D eigenvalue weighted by Crippen LogP contribution is -2.05. The Morgan fingerprint density at radius 1 is 1.80 bits per heavy atom. The molecule has 0 aromatic carbocycles. The number of aromatic amines is 1. The number of H-pyrrole nitrogens is 1. The average molecular weight is 227 g/mol. The van der Waals surface area contributed by atoms with Crippen molar-refractivity contribution in [2.75, 3.05) is 7.05 Å². The van der Waals surface area contributed by atoms with E-state index < -0.39 is 0 Å². The molecule has 0 saturated carbocycles. The van der Waals surface area contributed by atoms with Crippen molar-refractivity contribution < 1.29 is 0 Å². The molecule has 0 spiro atoms. The highest BCUT2D eigenvalue weighted by atomic mass is 79.9. The van der Waals surface area contributed by atoms with Gasteiger partial charge in [0.15, 0.2) is 0 Å². The molecule has 0 aliphatic heterocycles. The van der Waals surface area contributed by atoms with E-state index >= 15 is 0 Å². The topological polar surface area (TPSA) is 40.7 Å². The molecule has 0 saturated heterocycles. The smallest absolute Gasteiger partial charge is 0.0633 e. The van der Waals surface area contributed by atoms with Crippen LogP contribution in [0.4, 0.5) is 0 Å². The fourth-order valence-corrected chi connectivity index (χ4v) is 0.930. The normalized spacial score (nSPS) is 9.00. The van der Waals surface area contributed by atoms with Crippen molar-refractivity contribution in [1.29, 1.82) is 0 Å². The summed E-state index contributed by atoms with van der Waals surface area (Å²) in [5.41, 5.74) is 1.08. The Kier molecular flexibility index (Phi) is 4.68. The van der Waals surface area contributed by atoms with E-state index in [0.717, 1.165) is 16.7 Å². The number of rotatable bonds is 2. The third-order valence-electron chi connectivity index (χ3n) is 1.02. The van der Waals surface area contributed by atoms with Gasteiger partial charge in [0.05, 0.1) is 16.4 Å². The second-order valence-corrected chi connectivity index (χ2v) is 2.58. The zero-order chi connectivity index (χ0) is 6.69. The molecule has 5 heteroatoms. The molecule has 0 aliphatic rings. The van der Waals surface area contributed by atoms with Crippen LogP contribution in [0.3, 0.4) is 0 Å². The summed E-state index contributed by atoms with van der Waals surface area (Å²) in [5.74, 6) is 0. The van der Waals surface area contributed by atoms with Crippen molar-refractivity contribution in [3.05, 3.63) is 16.4 Å². The minimum absolute atomic E-state index is 0. The summed E-state index contributed by atoms with van der Waals surface area (Å²) in [7, 11) is 1.90. The second-order valence-electron chi connectivity index (χ2n) is 1.73. The maximum atomic E-state index is 3.83. The summed E-state index contributed by atoms with van der Waals surface area (Å²) < 4.78 is 1.02. The van der Waals surface area contributed by atoms with Crippen LogP contribution in [0.25, 0.3) is 0 Å². The molecule has 0 aliphatic carbocycles. The van der Waals surface area contributed by atoms with Gasteiger partial charge in [-0.05, 0) is 23.0 Å². The minimum Gasteiger partial charge on any atom is -0.314 e. The van der Waals surface area contributed by atoms with Crippen molar-refractivity contribution >= 4 is 28.3 Å². The summed E-state index contributed by atoms with van der Waals surface area (Å²) in [6.07, 6.45) is 1.74. The quantitative estimate of drug-likeness (QED) is 0.798. The largest absolute Gasteiger partial charge is 0.314 e. The summed E-state index contributed by atoms with van der Waals surface area (Å²) in [6.45, 7) is 0.820. The molecule has 58 valence electrons. The molecule has 0 bridgehead atoms. The van der Waals surface area contributed by atoms with Crippen LogP contribution in [0.1, 0.15) is 5.69 Å². The van der Waals surface area contributed by atoms with Gasteiger partial charge in [-0.3, -0.25) is 5.10 Å². The fourth-order valence-electron chi connectivity index (χ4n) is 0.599. The molecule has 0 amide bonds. The van der Waals surface area contributed by atoms with Crippen LogP contribution in [0.15, 0.2) is 10.7 Å². The van der Waals surface area contributed by atoms with Gasteiger partial charge in [0, 0.05) is 6.54 Å². The maximum Gasteiger partial charge on any atom is 0.0633 e. The zero-order valence-corrected chi connectivity index (χ0v) is 7.92. The van der Waals surface area contributed by atoms with Gasteiger partial charge in [0.2, 0.25) is 0 Å². The fraction of sp³-hybridized carbons (Fsp3) is 0.400. The van der Waals surface area contributed by atoms with E-state index in [-0.39, 0.29) is 12.4 Å². The lowest BCUT2D eigenvalue weighted by atomic mass is 10.4. The van der Waals surface area contributed by atoms with Crippen LogP contribution < -0.4 is 5.32 Å². The van der Waals surface area contributed by atoms with Gasteiger partial charge < -0.3 is 5.32 Å². The third-order valence-corrected chi connectivity index (χ3v) is 1.70. The van der Waals surface area contributed by atoms with E-state index in [1.807, 2.05) is 7.05 Å². The predicted octanol–water partition coefficient (Wildman–Crippen LogP) is 1.31. The molecule has 0 atom stereocenters. The summed E-state index contributed by atoms with van der Waals surface area (Å²) >= 11 is 3.33. The Balaban J connectivity index is 0.000000810. The number of aromatic nitrogens is 2. The molecule has 1 aromatic heterocycles. The lowest BCUT2D eigenvalue weighted by Gasteiger charge is -1.92. The standard InChI is InChI=1S/C5H8BrN3.ClH/c1-7-3-5-4(6)2-8-9-5;/h2,7H,3H2,1H3,(H,8,9);1H. The summed E-state index contributed by atoms with van der Waals surface area (Å²) in [6, 6.07) is 0. The summed E-state index contributed by atoms with van der Waals surface area (Å²) in [5, 5.41) is 9.69. The van der Waals surface area contributed by atoms with Gasteiger partial charge in [0.1, 0.15) is 0 Å². The molecule has 2 N–H and O–H groups in total. The second kappa shape index (κ2) is 4.71. The van der Waals surface area contributed by atoms with E-state index in [1.165, 1.54) is 0 Å². The number of halogens is 2. The Labute approximate surface area is 74.1 Å². The average Bonchev–Trinajstić information content (AvgIpc) is 2.18. The molecule has 0 fully saturated rings. The van der Waals surface area contributed by atoms with Crippen molar-refractivity contribution in [1.82, 2.24) is 15.5 Å². The Morgan fingerprint density at radius 2 is 2.50 bits per heavy atom. The molecule has 3 nitrogen and oxygen atoms in total. The van der Waals surface area contributed by atoms with Gasteiger partial charge >= 0.3 is 0 Å². The molecule has 10 heavy (non-hydrogen) atoms. The zero-order valence-electron chi connectivity index (χ0n) is 5.52. The molecule has 1 heterocycles. The van der Waals surface area contributed by atoms with Gasteiger partial charge in [-0.1, -0.05) is 0 Å². The predicted molar refractivity (Wildman–Crippen MR) is 46.3 cm³/mol. The molecule has 0 radical (unpaired) electrons. The molecule has 0 unspecified atom stereocenters. The number of hydrogen-bond acceptors (Lipinski definition) is 2. The van der Waals surface area contributed by atoms with E-state index in [2.05, 4.69) is 31.4 Å². The Hall–Kier alpha value is -0.0600. The van der Waals surface area contributed by atoms with Gasteiger partial charge in [-0.15, -0.1) is 12.4 Å². The number of nitrogens with zero attached hydrogens (tertiary/aromatic N) is 1. The van der Waals surface area contributed by atoms with Crippen molar-refractivity contribution in [2.24, 2.45) is 0 Å². The Bertz CT molecular complexity index is 189. The van der Waals surface area contributed by atoms with E-state index in [0.29, 0.717) is 0 Å². The lowest BCUT2D eigenvalue weighted by molar-refractivity contribution is 0.781. The monoisotopic (exact) mass is 225 g/mol. The SMILES string of the molecule is CNCc1[nH]ncc1Br.Cl. The third kappa shape index (κ3) is 2.28. The molecule has 1 rings (SSSR count). The van der Waals surface area contributed by atoms with Gasteiger partial charge in [-0.25, -0.2) is 0 Å². The van der Waals surface area contributed by atoms with Crippen LogP contribution in [0.5, 0.6) is 0 Å². The van der Waals surface area contributed by atoms with E-state index in [4.69, 9.17) is 0 Å². The van der Waals surface area contributed by atoms with Gasteiger partial charge in [-0.2, -0.15) is 5.10 Å². The summed E-state index contributed by atoms with van der Waals surface area (Å²) in [4.78, 5) is 0. The van der Waals surface area contributed by atoms with Crippen molar-refractivity contribution in [3.8, 4) is 0 Å². The first-order valence-electron chi connectivity index (χ1n) is 2.67. The Morgan fingerprint density at radius 3 is 2.90 bits per heavy atom. The highest BCUT2D eigenvalue weighted by Gasteiger charge is 1.97. The molecule has 1 aromatic rings. The van der Waals surface area contributed by atoms with E-state index in [1.54, 1.807) is 6.20 Å². The maximum absolute atomic E-state index is 3.83. The van der Waals surface area contributed by atoms with Crippen LogP contribution in [-0.4, -0.2) is 17.2 Å². The molecular weight excluding hydrogens is 217 g/mol. The highest BCUT2D eigenvalue weighted by Crippen LogP contribution is 2.11.